The molecule has 2 fully saturated rings. The molecule has 96 valence electrons. The van der Waals surface area contributed by atoms with E-state index in [0.29, 0.717) is 6.54 Å². The molecule has 2 saturated heterocycles. The largest absolute Gasteiger partial charge is 0.444 e. The molecule has 1 amide bonds. The van der Waals surface area contributed by atoms with Crippen molar-refractivity contribution >= 4 is 12.4 Å². The first kappa shape index (κ1) is 12.4. The van der Waals surface area contributed by atoms with Crippen molar-refractivity contribution in [1.82, 2.24) is 10.2 Å². The van der Waals surface area contributed by atoms with Crippen molar-refractivity contribution in [1.29, 1.82) is 0 Å². The molecule has 2 rings (SSSR count). The van der Waals surface area contributed by atoms with E-state index in [1.165, 1.54) is 0 Å². The zero-order valence-electron chi connectivity index (χ0n) is 10.7. The Bertz CT molecular complexity index is 333. The lowest BCUT2D eigenvalue weighted by atomic mass is 9.98. The highest BCUT2D eigenvalue weighted by atomic mass is 16.6. The van der Waals surface area contributed by atoms with E-state index in [2.05, 4.69) is 5.32 Å². The molecule has 2 heterocycles. The van der Waals surface area contributed by atoms with Gasteiger partial charge in [0, 0.05) is 19.1 Å². The third kappa shape index (κ3) is 2.16. The maximum absolute atomic E-state index is 12.2. The fourth-order valence-corrected chi connectivity index (χ4v) is 2.65. The molecule has 2 aliphatic heterocycles. The maximum atomic E-state index is 12.2. The predicted molar refractivity (Wildman–Crippen MR) is 62.8 cm³/mol. The Morgan fingerprint density at radius 2 is 2.24 bits per heavy atom. The van der Waals surface area contributed by atoms with Gasteiger partial charge < -0.3 is 14.8 Å². The van der Waals surface area contributed by atoms with Gasteiger partial charge in [-0.15, -0.1) is 0 Å². The van der Waals surface area contributed by atoms with E-state index >= 15 is 0 Å². The van der Waals surface area contributed by atoms with Crippen LogP contribution in [0.25, 0.3) is 0 Å². The number of aldehydes is 1. The lowest BCUT2D eigenvalue weighted by Crippen LogP contribution is -2.63. The molecule has 0 spiro atoms. The second kappa shape index (κ2) is 3.98. The number of rotatable bonds is 1. The molecular weight excluding hydrogens is 220 g/mol. The summed E-state index contributed by atoms with van der Waals surface area (Å²) in [5.74, 6) is 0. The summed E-state index contributed by atoms with van der Waals surface area (Å²) in [5.41, 5.74) is -1.21. The fraction of sp³-hybridized carbons (Fsp3) is 0.833. The van der Waals surface area contributed by atoms with Crippen LogP contribution < -0.4 is 5.32 Å². The first-order valence-corrected chi connectivity index (χ1v) is 6.07. The van der Waals surface area contributed by atoms with E-state index in [1.54, 1.807) is 4.90 Å². The minimum atomic E-state index is -0.689. The van der Waals surface area contributed by atoms with Crippen LogP contribution >= 0.6 is 0 Å². The Hall–Kier alpha value is -1.10. The number of nitrogens with zero attached hydrogens (tertiary/aromatic N) is 1. The number of piperazine rings is 1. The minimum Gasteiger partial charge on any atom is -0.444 e. The molecule has 0 radical (unpaired) electrons. The van der Waals surface area contributed by atoms with Gasteiger partial charge in [0.2, 0.25) is 0 Å². The number of hydrogen-bond donors (Lipinski definition) is 1. The van der Waals surface area contributed by atoms with Crippen molar-refractivity contribution in [3.05, 3.63) is 0 Å². The van der Waals surface area contributed by atoms with Crippen molar-refractivity contribution in [2.75, 3.05) is 13.1 Å². The quantitative estimate of drug-likeness (QED) is 0.693. The number of nitrogens with one attached hydrogen (secondary N) is 1. The first-order chi connectivity index (χ1) is 7.88. The number of hydrogen-bond acceptors (Lipinski definition) is 4. The Balaban J connectivity index is 2.19. The second-order valence-electron chi connectivity index (χ2n) is 5.90. The van der Waals surface area contributed by atoms with E-state index in [-0.39, 0.29) is 12.1 Å². The highest BCUT2D eigenvalue weighted by molar-refractivity contribution is 5.79. The van der Waals surface area contributed by atoms with Crippen LogP contribution in [0.15, 0.2) is 0 Å². The van der Waals surface area contributed by atoms with Crippen LogP contribution in [0.4, 0.5) is 4.79 Å². The smallest absolute Gasteiger partial charge is 0.411 e. The van der Waals surface area contributed by atoms with Crippen molar-refractivity contribution in [2.45, 2.75) is 50.8 Å². The molecule has 0 saturated carbocycles. The lowest BCUT2D eigenvalue weighted by Gasteiger charge is -2.41. The van der Waals surface area contributed by atoms with Crippen LogP contribution in [-0.2, 0) is 9.53 Å². The maximum Gasteiger partial charge on any atom is 0.411 e. The summed E-state index contributed by atoms with van der Waals surface area (Å²) >= 11 is 0. The zero-order chi connectivity index (χ0) is 12.7. The lowest BCUT2D eigenvalue weighted by molar-refractivity contribution is -0.118. The van der Waals surface area contributed by atoms with Crippen molar-refractivity contribution in [3.8, 4) is 0 Å². The van der Waals surface area contributed by atoms with Gasteiger partial charge in [0.25, 0.3) is 0 Å². The van der Waals surface area contributed by atoms with Gasteiger partial charge in [0.1, 0.15) is 17.4 Å². The van der Waals surface area contributed by atoms with Gasteiger partial charge >= 0.3 is 6.09 Å². The van der Waals surface area contributed by atoms with Gasteiger partial charge in [0.05, 0.1) is 0 Å². The highest BCUT2D eigenvalue weighted by Gasteiger charge is 2.52. The third-order valence-corrected chi connectivity index (χ3v) is 3.38. The van der Waals surface area contributed by atoms with E-state index < -0.39 is 11.1 Å². The molecule has 0 aliphatic carbocycles. The molecule has 5 heteroatoms. The van der Waals surface area contributed by atoms with Gasteiger partial charge in [-0.2, -0.15) is 0 Å². The fourth-order valence-electron chi connectivity index (χ4n) is 2.65. The average molecular weight is 240 g/mol. The Morgan fingerprint density at radius 1 is 1.53 bits per heavy atom. The molecule has 1 N–H and O–H groups in total. The molecule has 17 heavy (non-hydrogen) atoms. The summed E-state index contributed by atoms with van der Waals surface area (Å²) in [5, 5.41) is 3.21. The van der Waals surface area contributed by atoms with Gasteiger partial charge in [-0.25, -0.2) is 4.79 Å². The Kier molecular flexibility index (Phi) is 2.89. The molecule has 2 unspecified atom stereocenters. The second-order valence-corrected chi connectivity index (χ2v) is 5.90. The molecule has 2 bridgehead atoms. The molecule has 0 aromatic carbocycles. The summed E-state index contributed by atoms with van der Waals surface area (Å²) in [4.78, 5) is 25.1. The molecule has 2 atom stereocenters. The number of carbonyl (C=O) groups excluding carboxylic acids is 2. The van der Waals surface area contributed by atoms with Gasteiger partial charge in [0.15, 0.2) is 0 Å². The number of carbonyl (C=O) groups is 2. The zero-order valence-corrected chi connectivity index (χ0v) is 10.7. The van der Waals surface area contributed by atoms with Crippen LogP contribution in [0.1, 0.15) is 33.6 Å². The van der Waals surface area contributed by atoms with Gasteiger partial charge in [-0.3, -0.25) is 4.90 Å². The van der Waals surface area contributed by atoms with Crippen LogP contribution in [0.5, 0.6) is 0 Å². The summed E-state index contributed by atoms with van der Waals surface area (Å²) in [7, 11) is 0. The van der Waals surface area contributed by atoms with Crippen LogP contribution in [0.3, 0.4) is 0 Å². The number of amides is 1. The summed E-state index contributed by atoms with van der Waals surface area (Å²) < 4.78 is 5.39. The van der Waals surface area contributed by atoms with E-state index in [9.17, 15) is 9.59 Å². The third-order valence-electron chi connectivity index (χ3n) is 3.38. The van der Waals surface area contributed by atoms with Crippen LogP contribution in [0.2, 0.25) is 0 Å². The standard InChI is InChI=1S/C12H20N2O3/c1-11(2,3)17-10(16)14-9-4-5-12(14,8-15)7-13-6-9/h8-9,13H,4-7H2,1-3H3. The molecular formula is C12H20N2O3. The Morgan fingerprint density at radius 3 is 2.82 bits per heavy atom. The molecule has 2 aliphatic rings. The summed E-state index contributed by atoms with van der Waals surface area (Å²) in [6.07, 6.45) is 2.12. The van der Waals surface area contributed by atoms with Crippen LogP contribution in [0, 0.1) is 0 Å². The number of ether oxygens (including phenoxy) is 1. The van der Waals surface area contributed by atoms with E-state index in [4.69, 9.17) is 4.74 Å². The first-order valence-electron chi connectivity index (χ1n) is 6.07. The average Bonchev–Trinajstić information content (AvgIpc) is 2.44. The number of fused-ring (bicyclic) bond motifs is 2. The predicted octanol–water partition coefficient (Wildman–Crippen LogP) is 0.927. The van der Waals surface area contributed by atoms with E-state index in [0.717, 1.165) is 25.7 Å². The van der Waals surface area contributed by atoms with Crippen LogP contribution in [-0.4, -0.2) is 47.6 Å². The van der Waals surface area contributed by atoms with Crippen molar-refractivity contribution in [2.24, 2.45) is 0 Å². The normalized spacial score (nSPS) is 32.4. The highest BCUT2D eigenvalue weighted by Crippen LogP contribution is 2.36. The monoisotopic (exact) mass is 240 g/mol. The summed E-state index contributed by atoms with van der Waals surface area (Å²) in [6, 6.07) is 0.0869. The molecule has 0 aromatic heterocycles. The molecule has 5 nitrogen and oxygen atoms in total. The Labute approximate surface area is 101 Å². The minimum absolute atomic E-state index is 0.0869. The van der Waals surface area contributed by atoms with E-state index in [1.807, 2.05) is 20.8 Å². The van der Waals surface area contributed by atoms with Gasteiger partial charge in [-0.1, -0.05) is 0 Å². The van der Waals surface area contributed by atoms with Gasteiger partial charge in [-0.05, 0) is 33.6 Å². The summed E-state index contributed by atoms with van der Waals surface area (Å²) in [6.45, 7) is 6.79. The van der Waals surface area contributed by atoms with Crippen molar-refractivity contribution in [3.63, 3.8) is 0 Å². The SMILES string of the molecule is CC(C)(C)OC(=O)N1C2CCC1(C=O)CNC2. The topological polar surface area (TPSA) is 58.6 Å². The molecule has 0 aromatic rings. The van der Waals surface area contributed by atoms with Crippen molar-refractivity contribution < 1.29 is 14.3 Å².